The molecule has 1 aromatic rings. The molecule has 1 rings (SSSR count). The minimum atomic E-state index is -3.56. The minimum absolute atomic E-state index is 0.106. The monoisotopic (exact) mass is 344 g/mol. The highest BCUT2D eigenvalue weighted by molar-refractivity contribution is 7.89. The Morgan fingerprint density at radius 3 is 2.43 bits per heavy atom. The van der Waals surface area contributed by atoms with Gasteiger partial charge in [0, 0.05) is 20.2 Å². The molecule has 0 unspecified atom stereocenters. The molecule has 0 fully saturated rings. The molecule has 0 radical (unpaired) electrons. The lowest BCUT2D eigenvalue weighted by atomic mass is 10.2. The third-order valence-electron chi connectivity index (χ3n) is 2.81. The molecule has 8 heteroatoms. The number of carbonyl (C=O) groups is 1. The second-order valence-electron chi connectivity index (χ2n) is 5.35. The molecule has 130 valence electrons. The van der Waals surface area contributed by atoms with Crippen LogP contribution in [0.15, 0.2) is 29.2 Å². The quantitative estimate of drug-likeness (QED) is 0.611. The Balaban J connectivity index is 2.51. The molecule has 0 bridgehead atoms. The summed E-state index contributed by atoms with van der Waals surface area (Å²) in [4.78, 5) is 11.7. The molecule has 0 heterocycles. The van der Waals surface area contributed by atoms with E-state index in [1.165, 1.54) is 31.4 Å². The zero-order chi connectivity index (χ0) is 17.3. The number of benzene rings is 1. The molecule has 0 atom stereocenters. The third kappa shape index (κ3) is 7.45. The Kier molecular flexibility index (Phi) is 8.01. The summed E-state index contributed by atoms with van der Waals surface area (Å²) in [7, 11) is -2.07. The first-order chi connectivity index (χ1) is 10.8. The number of nitrogens with one attached hydrogen (secondary N) is 2. The van der Waals surface area contributed by atoms with Crippen LogP contribution in [0.5, 0.6) is 5.75 Å². The van der Waals surface area contributed by atoms with E-state index in [4.69, 9.17) is 9.47 Å². The van der Waals surface area contributed by atoms with Crippen molar-refractivity contribution in [2.24, 2.45) is 5.92 Å². The summed E-state index contributed by atoms with van der Waals surface area (Å²) < 4.78 is 36.5. The number of hydrogen-bond donors (Lipinski definition) is 2. The number of sulfonamides is 1. The van der Waals surface area contributed by atoms with Crippen LogP contribution in [-0.2, 0) is 19.6 Å². The van der Waals surface area contributed by atoms with E-state index in [0.717, 1.165) is 0 Å². The van der Waals surface area contributed by atoms with Gasteiger partial charge in [-0.15, -0.1) is 0 Å². The van der Waals surface area contributed by atoms with E-state index in [0.29, 0.717) is 24.8 Å². The summed E-state index contributed by atoms with van der Waals surface area (Å²) in [5, 5.41) is 2.74. The maximum absolute atomic E-state index is 12.0. The van der Waals surface area contributed by atoms with Gasteiger partial charge in [0.15, 0.2) is 6.61 Å². The molecule has 0 aliphatic heterocycles. The molecule has 2 N–H and O–H groups in total. The van der Waals surface area contributed by atoms with Crippen molar-refractivity contribution in [3.63, 3.8) is 0 Å². The fourth-order valence-corrected chi connectivity index (χ4v) is 2.61. The fraction of sp³-hybridized carbons (Fsp3) is 0.533. The molecule has 7 nitrogen and oxygen atoms in total. The molecular formula is C15H24N2O5S. The van der Waals surface area contributed by atoms with Gasteiger partial charge < -0.3 is 14.8 Å². The lowest BCUT2D eigenvalue weighted by Gasteiger charge is -2.10. The summed E-state index contributed by atoms with van der Waals surface area (Å²) in [6.07, 6.45) is 0. The van der Waals surface area contributed by atoms with Gasteiger partial charge in [0.25, 0.3) is 5.91 Å². The van der Waals surface area contributed by atoms with Crippen molar-refractivity contribution >= 4 is 15.9 Å². The van der Waals surface area contributed by atoms with Crippen molar-refractivity contribution in [3.8, 4) is 5.75 Å². The van der Waals surface area contributed by atoms with Crippen LogP contribution in [0.25, 0.3) is 0 Å². The van der Waals surface area contributed by atoms with Gasteiger partial charge >= 0.3 is 0 Å². The zero-order valence-corrected chi connectivity index (χ0v) is 14.5. The highest BCUT2D eigenvalue weighted by Crippen LogP contribution is 2.15. The molecule has 23 heavy (non-hydrogen) atoms. The van der Waals surface area contributed by atoms with E-state index >= 15 is 0 Å². The van der Waals surface area contributed by atoms with Crippen LogP contribution in [0.2, 0.25) is 0 Å². The number of methoxy groups -OCH3 is 1. The van der Waals surface area contributed by atoms with Crippen LogP contribution < -0.4 is 14.8 Å². The lowest BCUT2D eigenvalue weighted by molar-refractivity contribution is -0.123. The van der Waals surface area contributed by atoms with Crippen LogP contribution in [0.3, 0.4) is 0 Å². The van der Waals surface area contributed by atoms with Crippen LogP contribution >= 0.6 is 0 Å². The number of ether oxygens (including phenoxy) is 2. The Labute approximate surface area is 137 Å². The van der Waals surface area contributed by atoms with Crippen LogP contribution in [0.4, 0.5) is 0 Å². The average molecular weight is 344 g/mol. The van der Waals surface area contributed by atoms with Crippen molar-refractivity contribution in [1.82, 2.24) is 10.0 Å². The lowest BCUT2D eigenvalue weighted by Crippen LogP contribution is -2.31. The van der Waals surface area contributed by atoms with Crippen molar-refractivity contribution < 1.29 is 22.7 Å². The van der Waals surface area contributed by atoms with E-state index in [2.05, 4.69) is 10.0 Å². The molecule has 0 saturated carbocycles. The molecular weight excluding hydrogens is 320 g/mol. The minimum Gasteiger partial charge on any atom is -0.484 e. The Hall–Kier alpha value is -1.64. The van der Waals surface area contributed by atoms with E-state index in [9.17, 15) is 13.2 Å². The number of rotatable bonds is 10. The van der Waals surface area contributed by atoms with Gasteiger partial charge in [-0.3, -0.25) is 4.79 Å². The molecule has 0 aliphatic carbocycles. The standard InChI is InChI=1S/C15H24N2O5S/c1-12(2)10-16-15(18)11-22-13-4-6-14(7-5-13)23(19,20)17-8-9-21-3/h4-7,12,17H,8-11H2,1-3H3,(H,16,18). The normalized spacial score (nSPS) is 11.5. The van der Waals surface area contributed by atoms with E-state index in [1.807, 2.05) is 13.8 Å². The average Bonchev–Trinajstić information content (AvgIpc) is 2.51. The third-order valence-corrected chi connectivity index (χ3v) is 4.29. The highest BCUT2D eigenvalue weighted by atomic mass is 32.2. The molecule has 1 amide bonds. The maximum Gasteiger partial charge on any atom is 0.257 e. The van der Waals surface area contributed by atoms with Crippen LogP contribution in [0, 0.1) is 5.92 Å². The second-order valence-corrected chi connectivity index (χ2v) is 7.12. The van der Waals surface area contributed by atoms with Crippen molar-refractivity contribution in [3.05, 3.63) is 24.3 Å². The van der Waals surface area contributed by atoms with Crippen molar-refractivity contribution in [2.45, 2.75) is 18.7 Å². The van der Waals surface area contributed by atoms with Crippen LogP contribution in [0.1, 0.15) is 13.8 Å². The second kappa shape index (κ2) is 9.49. The first-order valence-electron chi connectivity index (χ1n) is 7.33. The SMILES string of the molecule is COCCNS(=O)(=O)c1ccc(OCC(=O)NCC(C)C)cc1. The Morgan fingerprint density at radius 1 is 1.22 bits per heavy atom. The van der Waals surface area contributed by atoms with Gasteiger partial charge in [-0.25, -0.2) is 13.1 Å². The predicted molar refractivity (Wildman–Crippen MR) is 86.8 cm³/mol. The molecule has 0 aliphatic rings. The zero-order valence-electron chi connectivity index (χ0n) is 13.7. The summed E-state index contributed by atoms with van der Waals surface area (Å²) in [6, 6.07) is 5.88. The topological polar surface area (TPSA) is 93.7 Å². The van der Waals surface area contributed by atoms with Gasteiger partial charge in [-0.1, -0.05) is 13.8 Å². The molecule has 1 aromatic carbocycles. The van der Waals surface area contributed by atoms with Gasteiger partial charge in [0.05, 0.1) is 11.5 Å². The van der Waals surface area contributed by atoms with Gasteiger partial charge in [0.2, 0.25) is 10.0 Å². The fourth-order valence-electron chi connectivity index (χ4n) is 1.59. The number of carbonyl (C=O) groups excluding carboxylic acids is 1. The number of amides is 1. The summed E-state index contributed by atoms with van der Waals surface area (Å²) >= 11 is 0. The van der Waals surface area contributed by atoms with Crippen molar-refractivity contribution in [1.29, 1.82) is 0 Å². The van der Waals surface area contributed by atoms with Crippen LogP contribution in [-0.4, -0.2) is 47.7 Å². The van der Waals surface area contributed by atoms with Gasteiger partial charge in [0.1, 0.15) is 5.75 Å². The van der Waals surface area contributed by atoms with E-state index < -0.39 is 10.0 Å². The summed E-state index contributed by atoms with van der Waals surface area (Å²) in [6.45, 7) is 4.98. The van der Waals surface area contributed by atoms with E-state index in [1.54, 1.807) is 0 Å². The largest absolute Gasteiger partial charge is 0.484 e. The van der Waals surface area contributed by atoms with Crippen molar-refractivity contribution in [2.75, 3.05) is 33.4 Å². The van der Waals surface area contributed by atoms with Gasteiger partial charge in [-0.05, 0) is 30.2 Å². The van der Waals surface area contributed by atoms with E-state index in [-0.39, 0.29) is 24.0 Å². The molecule has 0 saturated heterocycles. The predicted octanol–water partition coefficient (Wildman–Crippen LogP) is 0.762. The summed E-state index contributed by atoms with van der Waals surface area (Å²) in [5.74, 6) is 0.589. The number of hydrogen-bond acceptors (Lipinski definition) is 5. The molecule has 0 spiro atoms. The Morgan fingerprint density at radius 2 is 1.87 bits per heavy atom. The smallest absolute Gasteiger partial charge is 0.257 e. The first-order valence-corrected chi connectivity index (χ1v) is 8.81. The molecule has 0 aromatic heterocycles. The Bertz CT molecular complexity index is 584. The maximum atomic E-state index is 12.0. The highest BCUT2D eigenvalue weighted by Gasteiger charge is 2.13. The summed E-state index contributed by atoms with van der Waals surface area (Å²) in [5.41, 5.74) is 0. The first kappa shape index (κ1) is 19.4. The van der Waals surface area contributed by atoms with Gasteiger partial charge in [-0.2, -0.15) is 0 Å².